The first kappa shape index (κ1) is 13.9. The Kier molecular flexibility index (Phi) is 6.32. The molecule has 0 aromatic rings. The van der Waals surface area contributed by atoms with Gasteiger partial charge in [0.2, 0.25) is 0 Å². The summed E-state index contributed by atoms with van der Waals surface area (Å²) in [6, 6.07) is 0.655. The van der Waals surface area contributed by atoms with Gasteiger partial charge in [-0.25, -0.2) is 0 Å². The third-order valence-corrected chi connectivity index (χ3v) is 3.68. The molecule has 1 fully saturated rings. The lowest BCUT2D eigenvalue weighted by molar-refractivity contribution is 0.203. The lowest BCUT2D eigenvalue weighted by Gasteiger charge is -2.30. The summed E-state index contributed by atoms with van der Waals surface area (Å²) in [6.07, 6.45) is 2.77. The third kappa shape index (κ3) is 5.28. The molecule has 0 radical (unpaired) electrons. The maximum absolute atomic E-state index is 3.59. The molecule has 3 nitrogen and oxygen atoms in total. The first-order valence-electron chi connectivity index (χ1n) is 6.69. The summed E-state index contributed by atoms with van der Waals surface area (Å²) in [6.45, 7) is 10.5. The smallest absolute Gasteiger partial charge is 0.0106 e. The zero-order valence-corrected chi connectivity index (χ0v) is 11.5. The number of nitrogens with zero attached hydrogens (tertiary/aromatic N) is 2. The van der Waals surface area contributed by atoms with E-state index in [0.29, 0.717) is 6.04 Å². The molecule has 0 saturated carbocycles. The molecule has 3 heteroatoms. The molecule has 1 saturated heterocycles. The number of hydrogen-bond donors (Lipinski definition) is 1. The van der Waals surface area contributed by atoms with Crippen molar-refractivity contribution in [2.75, 3.05) is 46.8 Å². The van der Waals surface area contributed by atoms with Crippen molar-refractivity contribution in [2.24, 2.45) is 5.92 Å². The van der Waals surface area contributed by atoms with Crippen molar-refractivity contribution in [3.8, 4) is 0 Å². The zero-order valence-electron chi connectivity index (χ0n) is 11.5. The maximum atomic E-state index is 3.59. The highest BCUT2D eigenvalue weighted by molar-refractivity contribution is 4.72. The van der Waals surface area contributed by atoms with Gasteiger partial charge in [0.05, 0.1) is 0 Å². The summed E-state index contributed by atoms with van der Waals surface area (Å²) in [5, 5.41) is 3.59. The van der Waals surface area contributed by atoms with E-state index in [9.17, 15) is 0 Å². The average Bonchev–Trinajstić information content (AvgIpc) is 2.24. The number of hydrogen-bond acceptors (Lipinski definition) is 3. The van der Waals surface area contributed by atoms with Crippen LogP contribution in [0.15, 0.2) is 0 Å². The Hall–Kier alpha value is -0.120. The van der Waals surface area contributed by atoms with Crippen LogP contribution in [0.1, 0.15) is 26.7 Å². The Labute approximate surface area is 101 Å². The van der Waals surface area contributed by atoms with Crippen molar-refractivity contribution in [1.29, 1.82) is 0 Å². The van der Waals surface area contributed by atoms with Crippen LogP contribution in [0.4, 0.5) is 0 Å². The molecule has 0 spiro atoms. The van der Waals surface area contributed by atoms with Crippen LogP contribution in [0.2, 0.25) is 0 Å². The first-order chi connectivity index (χ1) is 7.59. The molecule has 1 aliphatic rings. The minimum Gasteiger partial charge on any atom is -0.315 e. The molecule has 96 valence electrons. The van der Waals surface area contributed by atoms with Crippen LogP contribution in [0, 0.1) is 5.92 Å². The third-order valence-electron chi connectivity index (χ3n) is 3.68. The van der Waals surface area contributed by atoms with Gasteiger partial charge in [-0.05, 0) is 59.8 Å². The molecule has 0 aromatic heterocycles. The van der Waals surface area contributed by atoms with Gasteiger partial charge in [-0.15, -0.1) is 0 Å². The Morgan fingerprint density at radius 3 is 2.81 bits per heavy atom. The monoisotopic (exact) mass is 227 g/mol. The van der Waals surface area contributed by atoms with Gasteiger partial charge in [-0.3, -0.25) is 0 Å². The minimum absolute atomic E-state index is 0.655. The molecule has 16 heavy (non-hydrogen) atoms. The number of likely N-dealkylation sites (tertiary alicyclic amines) is 1. The van der Waals surface area contributed by atoms with Gasteiger partial charge in [0, 0.05) is 25.7 Å². The van der Waals surface area contributed by atoms with Crippen LogP contribution in [-0.4, -0.2) is 62.7 Å². The maximum Gasteiger partial charge on any atom is 0.0106 e. The fourth-order valence-corrected chi connectivity index (χ4v) is 2.26. The Morgan fingerprint density at radius 2 is 2.19 bits per heavy atom. The van der Waals surface area contributed by atoms with E-state index in [-0.39, 0.29) is 0 Å². The average molecular weight is 227 g/mol. The van der Waals surface area contributed by atoms with E-state index in [2.05, 4.69) is 43.1 Å². The van der Waals surface area contributed by atoms with Crippen molar-refractivity contribution < 1.29 is 0 Å². The lowest BCUT2D eigenvalue weighted by atomic mass is 9.98. The first-order valence-corrected chi connectivity index (χ1v) is 6.69. The van der Waals surface area contributed by atoms with Crippen molar-refractivity contribution >= 4 is 0 Å². The Morgan fingerprint density at radius 1 is 1.44 bits per heavy atom. The second-order valence-corrected chi connectivity index (χ2v) is 5.55. The van der Waals surface area contributed by atoms with Crippen LogP contribution in [0.25, 0.3) is 0 Å². The number of nitrogens with one attached hydrogen (secondary N) is 1. The summed E-state index contributed by atoms with van der Waals surface area (Å²) in [5.41, 5.74) is 0. The van der Waals surface area contributed by atoms with Gasteiger partial charge in [0.25, 0.3) is 0 Å². The number of rotatable bonds is 6. The molecule has 0 amide bonds. The van der Waals surface area contributed by atoms with Crippen molar-refractivity contribution in [3.05, 3.63) is 0 Å². The quantitative estimate of drug-likeness (QED) is 0.689. The van der Waals surface area contributed by atoms with Crippen LogP contribution >= 0.6 is 0 Å². The van der Waals surface area contributed by atoms with E-state index in [4.69, 9.17) is 0 Å². The van der Waals surface area contributed by atoms with Gasteiger partial charge in [0.15, 0.2) is 0 Å². The van der Waals surface area contributed by atoms with Crippen LogP contribution in [0.3, 0.4) is 0 Å². The normalized spacial score (nSPS) is 23.2. The fourth-order valence-electron chi connectivity index (χ4n) is 2.26. The van der Waals surface area contributed by atoms with Gasteiger partial charge in [0.1, 0.15) is 0 Å². The zero-order chi connectivity index (χ0) is 12.0. The molecule has 0 bridgehead atoms. The van der Waals surface area contributed by atoms with E-state index >= 15 is 0 Å². The van der Waals surface area contributed by atoms with Crippen LogP contribution < -0.4 is 5.32 Å². The van der Waals surface area contributed by atoms with E-state index < -0.39 is 0 Å². The minimum atomic E-state index is 0.655. The Bertz CT molecular complexity index is 182. The van der Waals surface area contributed by atoms with Crippen molar-refractivity contribution in [3.63, 3.8) is 0 Å². The molecular formula is C13H29N3. The van der Waals surface area contributed by atoms with Gasteiger partial charge >= 0.3 is 0 Å². The van der Waals surface area contributed by atoms with Crippen LogP contribution in [-0.2, 0) is 0 Å². The summed E-state index contributed by atoms with van der Waals surface area (Å²) < 4.78 is 0. The molecule has 1 rings (SSSR count). The predicted molar refractivity (Wildman–Crippen MR) is 70.9 cm³/mol. The van der Waals surface area contributed by atoms with Gasteiger partial charge in [-0.2, -0.15) is 0 Å². The molecule has 1 unspecified atom stereocenters. The highest BCUT2D eigenvalue weighted by Gasteiger charge is 2.16. The SMILES string of the molecule is CC(C)N(C)CCNCC1CCCN(C)C1. The largest absolute Gasteiger partial charge is 0.315 e. The van der Waals surface area contributed by atoms with Gasteiger partial charge < -0.3 is 15.1 Å². The van der Waals surface area contributed by atoms with E-state index in [1.807, 2.05) is 0 Å². The predicted octanol–water partition coefficient (Wildman–Crippen LogP) is 1.26. The van der Waals surface area contributed by atoms with Crippen molar-refractivity contribution in [2.45, 2.75) is 32.7 Å². The highest BCUT2D eigenvalue weighted by Crippen LogP contribution is 2.13. The van der Waals surface area contributed by atoms with Gasteiger partial charge in [-0.1, -0.05) is 0 Å². The second-order valence-electron chi connectivity index (χ2n) is 5.55. The molecule has 1 atom stereocenters. The molecule has 1 heterocycles. The Balaban J connectivity index is 2.02. The summed E-state index contributed by atoms with van der Waals surface area (Å²) in [5.74, 6) is 0.864. The van der Waals surface area contributed by atoms with E-state index in [0.717, 1.165) is 19.0 Å². The summed E-state index contributed by atoms with van der Waals surface area (Å²) in [7, 11) is 4.43. The summed E-state index contributed by atoms with van der Waals surface area (Å²) in [4.78, 5) is 4.84. The van der Waals surface area contributed by atoms with Crippen LogP contribution in [0.5, 0.6) is 0 Å². The summed E-state index contributed by atoms with van der Waals surface area (Å²) >= 11 is 0. The van der Waals surface area contributed by atoms with E-state index in [1.165, 1.54) is 32.5 Å². The number of likely N-dealkylation sites (N-methyl/N-ethyl adjacent to an activating group) is 1. The molecule has 1 aliphatic heterocycles. The van der Waals surface area contributed by atoms with E-state index in [1.54, 1.807) is 0 Å². The highest BCUT2D eigenvalue weighted by atomic mass is 15.1. The number of piperidine rings is 1. The standard InChI is InChI=1S/C13H29N3/c1-12(2)16(4)9-7-14-10-13-6-5-8-15(3)11-13/h12-14H,5-11H2,1-4H3. The molecule has 0 aromatic carbocycles. The molecule has 0 aliphatic carbocycles. The lowest BCUT2D eigenvalue weighted by Crippen LogP contribution is -2.40. The molecular weight excluding hydrogens is 198 g/mol. The molecule has 1 N–H and O–H groups in total. The van der Waals surface area contributed by atoms with Crippen molar-refractivity contribution in [1.82, 2.24) is 15.1 Å². The fraction of sp³-hybridized carbons (Fsp3) is 1.00. The second kappa shape index (κ2) is 7.25. The topological polar surface area (TPSA) is 18.5 Å².